The van der Waals surface area contributed by atoms with E-state index in [1.165, 1.54) is 0 Å². The van der Waals surface area contributed by atoms with E-state index in [9.17, 15) is 4.79 Å². The lowest BCUT2D eigenvalue weighted by Gasteiger charge is -2.24. The van der Waals surface area contributed by atoms with Crippen molar-refractivity contribution in [1.29, 1.82) is 0 Å². The van der Waals surface area contributed by atoms with Crippen LogP contribution in [0.5, 0.6) is 0 Å². The Balaban J connectivity index is 0.00000484. The van der Waals surface area contributed by atoms with Gasteiger partial charge in [0.25, 0.3) is 0 Å². The summed E-state index contributed by atoms with van der Waals surface area (Å²) in [5.74, 6) is 2.04. The van der Waals surface area contributed by atoms with Gasteiger partial charge in [-0.25, -0.2) is 4.98 Å². The van der Waals surface area contributed by atoms with Crippen LogP contribution in [0.15, 0.2) is 9.41 Å². The molecule has 0 unspecified atom stereocenters. The van der Waals surface area contributed by atoms with Gasteiger partial charge in [-0.2, -0.15) is 0 Å². The van der Waals surface area contributed by atoms with Gasteiger partial charge in [-0.15, -0.1) is 24.0 Å². The lowest BCUT2D eigenvalue weighted by Crippen LogP contribution is -2.47. The predicted molar refractivity (Wildman–Crippen MR) is 102 cm³/mol. The van der Waals surface area contributed by atoms with Gasteiger partial charge in [0.2, 0.25) is 11.8 Å². The van der Waals surface area contributed by atoms with Crippen molar-refractivity contribution in [3.8, 4) is 0 Å². The Hall–Kier alpha value is -1.32. The van der Waals surface area contributed by atoms with E-state index in [4.69, 9.17) is 4.42 Å². The van der Waals surface area contributed by atoms with E-state index < -0.39 is 5.41 Å². The summed E-state index contributed by atoms with van der Waals surface area (Å²) < 4.78 is 5.50. The quantitative estimate of drug-likeness (QED) is 0.358. The lowest BCUT2D eigenvalue weighted by molar-refractivity contribution is -0.128. The minimum Gasteiger partial charge on any atom is -0.444 e. The Morgan fingerprint density at radius 1 is 1.26 bits per heavy atom. The van der Waals surface area contributed by atoms with Crippen LogP contribution in [0, 0.1) is 19.3 Å². The number of rotatable bonds is 6. The zero-order valence-electron chi connectivity index (χ0n) is 14.7. The zero-order chi connectivity index (χ0) is 16.8. The number of aromatic nitrogens is 1. The van der Waals surface area contributed by atoms with Crippen molar-refractivity contribution in [2.24, 2.45) is 10.4 Å². The monoisotopic (exact) mass is 437 g/mol. The summed E-state index contributed by atoms with van der Waals surface area (Å²) in [4.78, 5) is 20.4. The number of aliphatic imine (C=N–C) groups is 1. The summed E-state index contributed by atoms with van der Waals surface area (Å²) in [5.41, 5.74) is 0.362. The van der Waals surface area contributed by atoms with E-state index in [0.29, 0.717) is 31.5 Å². The molecule has 0 atom stereocenters. The number of aryl methyl sites for hydroxylation is 2. The second-order valence-corrected chi connectivity index (χ2v) is 5.77. The van der Waals surface area contributed by atoms with Gasteiger partial charge in [-0.05, 0) is 34.6 Å². The maximum Gasteiger partial charge on any atom is 0.227 e. The molecule has 0 fully saturated rings. The van der Waals surface area contributed by atoms with E-state index >= 15 is 0 Å². The van der Waals surface area contributed by atoms with Gasteiger partial charge in [-0.1, -0.05) is 0 Å². The normalized spacial score (nSPS) is 11.7. The van der Waals surface area contributed by atoms with Crippen LogP contribution in [-0.4, -0.2) is 37.0 Å². The van der Waals surface area contributed by atoms with Gasteiger partial charge in [0, 0.05) is 20.1 Å². The zero-order valence-corrected chi connectivity index (χ0v) is 17.1. The fraction of sp³-hybridized carbons (Fsp3) is 0.667. The summed E-state index contributed by atoms with van der Waals surface area (Å²) in [5, 5.41) is 9.10. The van der Waals surface area contributed by atoms with Crippen LogP contribution < -0.4 is 16.0 Å². The van der Waals surface area contributed by atoms with Gasteiger partial charge < -0.3 is 20.4 Å². The molecule has 0 bridgehead atoms. The summed E-state index contributed by atoms with van der Waals surface area (Å²) in [7, 11) is 1.68. The van der Waals surface area contributed by atoms with Crippen molar-refractivity contribution in [1.82, 2.24) is 20.9 Å². The molecule has 0 radical (unpaired) electrons. The number of nitrogens with zero attached hydrogens (tertiary/aromatic N) is 2. The molecule has 8 heteroatoms. The molecule has 7 nitrogen and oxygen atoms in total. The molecule has 0 aliphatic heterocycles. The Morgan fingerprint density at radius 2 is 1.91 bits per heavy atom. The number of guanidine groups is 1. The third kappa shape index (κ3) is 6.76. The van der Waals surface area contributed by atoms with E-state index in [-0.39, 0.29) is 29.9 Å². The van der Waals surface area contributed by atoms with Gasteiger partial charge in [0.05, 0.1) is 17.7 Å². The van der Waals surface area contributed by atoms with Crippen molar-refractivity contribution in [2.45, 2.75) is 41.2 Å². The van der Waals surface area contributed by atoms with Crippen LogP contribution >= 0.6 is 24.0 Å². The average Bonchev–Trinajstić information content (AvgIpc) is 2.78. The van der Waals surface area contributed by atoms with Gasteiger partial charge in [0.15, 0.2) is 5.96 Å². The minimum absolute atomic E-state index is 0. The first-order valence-corrected chi connectivity index (χ1v) is 7.46. The molecule has 0 saturated carbocycles. The number of carbonyl (C=O) groups is 1. The standard InChI is InChI=1S/C15H27N5O2.HI/c1-7-17-13(21)15(4,5)9-19-14(16-6)18-8-12-20-10(2)11(3)22-12;/h7-9H2,1-6H3,(H,17,21)(H2,16,18,19);1H. The summed E-state index contributed by atoms with van der Waals surface area (Å²) >= 11 is 0. The molecule has 0 aliphatic carbocycles. The van der Waals surface area contributed by atoms with Gasteiger partial charge in [0.1, 0.15) is 5.76 Å². The molecule has 1 heterocycles. The van der Waals surface area contributed by atoms with Crippen molar-refractivity contribution in [2.75, 3.05) is 20.1 Å². The van der Waals surface area contributed by atoms with Crippen molar-refractivity contribution < 1.29 is 9.21 Å². The number of carbonyl (C=O) groups excluding carboxylic acids is 1. The molecule has 0 saturated heterocycles. The highest BCUT2D eigenvalue weighted by Crippen LogP contribution is 2.13. The SMILES string of the molecule is CCNC(=O)C(C)(C)CNC(=NC)NCc1nc(C)c(C)o1.I. The fourth-order valence-electron chi connectivity index (χ4n) is 1.78. The molecule has 3 N–H and O–H groups in total. The third-order valence-electron chi connectivity index (χ3n) is 3.35. The Bertz CT molecular complexity index is 520. The second kappa shape index (κ2) is 9.74. The highest BCUT2D eigenvalue weighted by molar-refractivity contribution is 14.0. The summed E-state index contributed by atoms with van der Waals surface area (Å²) in [6.07, 6.45) is 0. The van der Waals surface area contributed by atoms with Crippen LogP contribution in [-0.2, 0) is 11.3 Å². The number of nitrogens with one attached hydrogen (secondary N) is 3. The molecule has 1 aromatic rings. The first-order valence-electron chi connectivity index (χ1n) is 7.46. The molecule has 0 spiro atoms. The Labute approximate surface area is 155 Å². The fourth-order valence-corrected chi connectivity index (χ4v) is 1.78. The number of hydrogen-bond donors (Lipinski definition) is 3. The highest BCUT2D eigenvalue weighted by atomic mass is 127. The van der Waals surface area contributed by atoms with E-state index in [1.807, 2.05) is 34.6 Å². The van der Waals surface area contributed by atoms with E-state index in [1.54, 1.807) is 7.05 Å². The van der Waals surface area contributed by atoms with E-state index in [2.05, 4.69) is 25.9 Å². The minimum atomic E-state index is -0.524. The summed E-state index contributed by atoms with van der Waals surface area (Å²) in [6.45, 7) is 11.0. The average molecular weight is 437 g/mol. The van der Waals surface area contributed by atoms with Crippen LogP contribution in [0.1, 0.15) is 38.1 Å². The van der Waals surface area contributed by atoms with Crippen molar-refractivity contribution in [3.63, 3.8) is 0 Å². The molecule has 132 valence electrons. The van der Waals surface area contributed by atoms with Gasteiger partial charge in [-0.3, -0.25) is 9.79 Å². The predicted octanol–water partition coefficient (Wildman–Crippen LogP) is 1.74. The molecule has 1 aromatic heterocycles. The van der Waals surface area contributed by atoms with Crippen LogP contribution in [0.25, 0.3) is 0 Å². The largest absolute Gasteiger partial charge is 0.444 e. The van der Waals surface area contributed by atoms with Crippen molar-refractivity contribution >= 4 is 35.8 Å². The van der Waals surface area contributed by atoms with Crippen LogP contribution in [0.3, 0.4) is 0 Å². The topological polar surface area (TPSA) is 91.5 Å². The van der Waals surface area contributed by atoms with E-state index in [0.717, 1.165) is 11.5 Å². The van der Waals surface area contributed by atoms with Crippen LogP contribution in [0.4, 0.5) is 0 Å². The Morgan fingerprint density at radius 3 is 2.39 bits per heavy atom. The maximum atomic E-state index is 11.9. The third-order valence-corrected chi connectivity index (χ3v) is 3.35. The number of hydrogen-bond acceptors (Lipinski definition) is 4. The van der Waals surface area contributed by atoms with Crippen LogP contribution in [0.2, 0.25) is 0 Å². The number of amides is 1. The summed E-state index contributed by atoms with van der Waals surface area (Å²) in [6, 6.07) is 0. The second-order valence-electron chi connectivity index (χ2n) is 5.77. The first-order chi connectivity index (χ1) is 10.3. The molecular formula is C15H28IN5O2. The molecule has 0 aliphatic rings. The number of halogens is 1. The maximum absolute atomic E-state index is 11.9. The Kier molecular flexibility index (Phi) is 9.18. The first kappa shape index (κ1) is 21.7. The molecular weight excluding hydrogens is 409 g/mol. The molecule has 23 heavy (non-hydrogen) atoms. The highest BCUT2D eigenvalue weighted by Gasteiger charge is 2.27. The molecule has 1 rings (SSSR count). The molecule has 1 amide bonds. The lowest BCUT2D eigenvalue weighted by atomic mass is 9.92. The molecule has 0 aromatic carbocycles. The number of oxazole rings is 1. The van der Waals surface area contributed by atoms with Gasteiger partial charge >= 0.3 is 0 Å². The van der Waals surface area contributed by atoms with Crippen molar-refractivity contribution in [3.05, 3.63) is 17.3 Å². The smallest absolute Gasteiger partial charge is 0.227 e.